The summed E-state index contributed by atoms with van der Waals surface area (Å²) in [5, 5.41) is 6.11. The zero-order valence-electron chi connectivity index (χ0n) is 12.6. The Bertz CT molecular complexity index is 564. The minimum Gasteiger partial charge on any atom is -0.469 e. The van der Waals surface area contributed by atoms with Crippen LogP contribution in [0.2, 0.25) is 0 Å². The lowest BCUT2D eigenvalue weighted by atomic mass is 10.1. The lowest BCUT2D eigenvalue weighted by Gasteiger charge is -2.13. The van der Waals surface area contributed by atoms with Gasteiger partial charge in [0.05, 0.1) is 12.8 Å². The highest BCUT2D eigenvalue weighted by Crippen LogP contribution is 2.09. The number of benzene rings is 1. The summed E-state index contributed by atoms with van der Waals surface area (Å²) in [7, 11) is 0. The maximum atomic E-state index is 11.9. The van der Waals surface area contributed by atoms with Crippen molar-refractivity contribution in [3.8, 4) is 0 Å². The molecule has 0 saturated carbocycles. The van der Waals surface area contributed by atoms with Gasteiger partial charge in [-0.2, -0.15) is 0 Å². The van der Waals surface area contributed by atoms with E-state index in [-0.39, 0.29) is 11.9 Å². The minimum atomic E-state index is -0.0227. The molecule has 0 fully saturated rings. The van der Waals surface area contributed by atoms with Gasteiger partial charge in [-0.25, -0.2) is 0 Å². The number of hydrogen-bond donors (Lipinski definition) is 2. The molecule has 1 heterocycles. The van der Waals surface area contributed by atoms with Gasteiger partial charge in [-0.15, -0.1) is 0 Å². The number of hydrogen-bond acceptors (Lipinski definition) is 3. The van der Waals surface area contributed by atoms with E-state index in [0.717, 1.165) is 29.9 Å². The van der Waals surface area contributed by atoms with Gasteiger partial charge in [0.2, 0.25) is 5.91 Å². The highest BCUT2D eigenvalue weighted by atomic mass is 16.3. The van der Waals surface area contributed by atoms with Crippen LogP contribution in [0.15, 0.2) is 47.1 Å². The topological polar surface area (TPSA) is 54.3 Å². The van der Waals surface area contributed by atoms with Gasteiger partial charge in [-0.3, -0.25) is 4.79 Å². The van der Waals surface area contributed by atoms with Crippen molar-refractivity contribution in [2.24, 2.45) is 0 Å². The van der Waals surface area contributed by atoms with Crippen molar-refractivity contribution in [1.29, 1.82) is 0 Å². The third-order valence-electron chi connectivity index (χ3n) is 3.32. The molecule has 1 amide bonds. The van der Waals surface area contributed by atoms with Gasteiger partial charge in [-0.1, -0.05) is 12.1 Å². The predicted octanol–water partition coefficient (Wildman–Crippen LogP) is 3.14. The fourth-order valence-electron chi connectivity index (χ4n) is 2.11. The van der Waals surface area contributed by atoms with E-state index in [4.69, 9.17) is 4.42 Å². The maximum absolute atomic E-state index is 11.9. The first kappa shape index (κ1) is 15.3. The number of aryl methyl sites for hydroxylation is 2. The molecule has 2 aromatic rings. The number of furan rings is 1. The summed E-state index contributed by atoms with van der Waals surface area (Å²) < 4.78 is 5.29. The van der Waals surface area contributed by atoms with E-state index in [0.29, 0.717) is 6.54 Å². The van der Waals surface area contributed by atoms with Crippen LogP contribution in [-0.4, -0.2) is 18.5 Å². The number of rotatable bonds is 7. The van der Waals surface area contributed by atoms with E-state index in [2.05, 4.69) is 17.6 Å². The molecule has 4 nitrogen and oxygen atoms in total. The monoisotopic (exact) mass is 286 g/mol. The molecule has 0 aliphatic heterocycles. The molecule has 0 radical (unpaired) electrons. The van der Waals surface area contributed by atoms with Gasteiger partial charge in [0.15, 0.2) is 0 Å². The molecular weight excluding hydrogens is 264 g/mol. The van der Waals surface area contributed by atoms with Gasteiger partial charge >= 0.3 is 0 Å². The second-order valence-electron chi connectivity index (χ2n) is 5.32. The molecule has 4 heteroatoms. The summed E-state index contributed by atoms with van der Waals surface area (Å²) in [5.74, 6) is 0.957. The minimum absolute atomic E-state index is 0.0227. The van der Waals surface area contributed by atoms with Crippen LogP contribution in [0.1, 0.15) is 24.7 Å². The predicted molar refractivity (Wildman–Crippen MR) is 84.3 cm³/mol. The van der Waals surface area contributed by atoms with Gasteiger partial charge in [-0.05, 0) is 50.1 Å². The Labute approximate surface area is 125 Å². The Hall–Kier alpha value is -2.07. The van der Waals surface area contributed by atoms with Crippen LogP contribution in [-0.2, 0) is 11.2 Å². The smallest absolute Gasteiger partial charge is 0.238 e. The summed E-state index contributed by atoms with van der Waals surface area (Å²) >= 11 is 0. The van der Waals surface area contributed by atoms with Crippen LogP contribution in [0, 0.1) is 6.92 Å². The molecule has 0 spiro atoms. The number of carbonyl (C=O) groups excluding carboxylic acids is 1. The van der Waals surface area contributed by atoms with Crippen molar-refractivity contribution in [1.82, 2.24) is 5.32 Å². The molecule has 0 saturated heterocycles. The zero-order valence-corrected chi connectivity index (χ0v) is 12.6. The first-order valence-corrected chi connectivity index (χ1v) is 7.26. The Morgan fingerprint density at radius 2 is 2.14 bits per heavy atom. The number of amides is 1. The molecule has 1 unspecified atom stereocenters. The molecule has 112 valence electrons. The van der Waals surface area contributed by atoms with Crippen LogP contribution in [0.25, 0.3) is 0 Å². The molecule has 2 rings (SSSR count). The number of nitrogens with one attached hydrogen (secondary N) is 2. The average molecular weight is 286 g/mol. The van der Waals surface area contributed by atoms with E-state index >= 15 is 0 Å². The van der Waals surface area contributed by atoms with E-state index in [1.807, 2.05) is 43.3 Å². The van der Waals surface area contributed by atoms with Gasteiger partial charge in [0.1, 0.15) is 5.76 Å². The maximum Gasteiger partial charge on any atom is 0.238 e. The number of anilines is 1. The van der Waals surface area contributed by atoms with Gasteiger partial charge in [0, 0.05) is 18.2 Å². The average Bonchev–Trinajstić information content (AvgIpc) is 2.96. The van der Waals surface area contributed by atoms with Crippen molar-refractivity contribution in [2.45, 2.75) is 32.7 Å². The molecule has 1 aromatic heterocycles. The van der Waals surface area contributed by atoms with Gasteiger partial charge in [0.25, 0.3) is 0 Å². The largest absolute Gasteiger partial charge is 0.469 e. The SMILES string of the molecule is Cc1cccc(NC(=O)CNC(C)CCc2ccco2)c1. The quantitative estimate of drug-likeness (QED) is 0.822. The van der Waals surface area contributed by atoms with Crippen molar-refractivity contribution >= 4 is 11.6 Å². The normalized spacial score (nSPS) is 12.1. The zero-order chi connectivity index (χ0) is 15.1. The Morgan fingerprint density at radius 1 is 1.29 bits per heavy atom. The second kappa shape index (κ2) is 7.64. The van der Waals surface area contributed by atoms with Crippen molar-refractivity contribution < 1.29 is 9.21 Å². The molecule has 0 aliphatic rings. The lowest BCUT2D eigenvalue weighted by Crippen LogP contribution is -2.34. The number of carbonyl (C=O) groups is 1. The molecule has 0 aliphatic carbocycles. The third kappa shape index (κ3) is 5.44. The van der Waals surface area contributed by atoms with E-state index in [9.17, 15) is 4.79 Å². The van der Waals surface area contributed by atoms with Crippen LogP contribution < -0.4 is 10.6 Å². The molecule has 0 bridgehead atoms. The third-order valence-corrected chi connectivity index (χ3v) is 3.32. The summed E-state index contributed by atoms with van der Waals surface area (Å²) in [5.41, 5.74) is 1.97. The summed E-state index contributed by atoms with van der Waals surface area (Å²) in [6.07, 6.45) is 3.49. The highest BCUT2D eigenvalue weighted by molar-refractivity contribution is 5.92. The van der Waals surface area contributed by atoms with Crippen molar-refractivity contribution in [2.75, 3.05) is 11.9 Å². The van der Waals surface area contributed by atoms with Crippen LogP contribution in [0.4, 0.5) is 5.69 Å². The summed E-state index contributed by atoms with van der Waals surface area (Å²) in [4.78, 5) is 11.9. The molecule has 2 N–H and O–H groups in total. The van der Waals surface area contributed by atoms with Crippen LogP contribution in [0.3, 0.4) is 0 Å². The van der Waals surface area contributed by atoms with E-state index in [1.165, 1.54) is 0 Å². The summed E-state index contributed by atoms with van der Waals surface area (Å²) in [6.45, 7) is 4.39. The standard InChI is InChI=1S/C17H22N2O2/c1-13-5-3-6-15(11-13)19-17(20)12-18-14(2)8-9-16-7-4-10-21-16/h3-7,10-11,14,18H,8-9,12H2,1-2H3,(H,19,20). The molecule has 1 aromatic carbocycles. The lowest BCUT2D eigenvalue weighted by molar-refractivity contribution is -0.115. The first-order chi connectivity index (χ1) is 10.1. The van der Waals surface area contributed by atoms with Crippen LogP contribution >= 0.6 is 0 Å². The van der Waals surface area contributed by atoms with Crippen molar-refractivity contribution in [3.05, 3.63) is 54.0 Å². The molecule has 21 heavy (non-hydrogen) atoms. The summed E-state index contributed by atoms with van der Waals surface area (Å²) in [6, 6.07) is 11.9. The Morgan fingerprint density at radius 3 is 2.86 bits per heavy atom. The van der Waals surface area contributed by atoms with Gasteiger partial charge < -0.3 is 15.1 Å². The molecule has 1 atom stereocenters. The Kier molecular flexibility index (Phi) is 5.58. The highest BCUT2D eigenvalue weighted by Gasteiger charge is 2.07. The van der Waals surface area contributed by atoms with E-state index in [1.54, 1.807) is 6.26 Å². The fourth-order valence-corrected chi connectivity index (χ4v) is 2.11. The van der Waals surface area contributed by atoms with E-state index < -0.39 is 0 Å². The van der Waals surface area contributed by atoms with Crippen molar-refractivity contribution in [3.63, 3.8) is 0 Å². The second-order valence-corrected chi connectivity index (χ2v) is 5.32. The fraction of sp³-hybridized carbons (Fsp3) is 0.353. The first-order valence-electron chi connectivity index (χ1n) is 7.26. The van der Waals surface area contributed by atoms with Crippen LogP contribution in [0.5, 0.6) is 0 Å². The Balaban J connectivity index is 1.68. The molecular formula is C17H22N2O2.